The molecule has 0 atom stereocenters. The van der Waals surface area contributed by atoms with Gasteiger partial charge in [0.2, 0.25) is 0 Å². The van der Waals surface area contributed by atoms with Gasteiger partial charge in [0.1, 0.15) is 0 Å². The highest BCUT2D eigenvalue weighted by Crippen LogP contribution is 2.37. The van der Waals surface area contributed by atoms with Crippen LogP contribution < -0.4 is 0 Å². The first-order chi connectivity index (χ1) is 7.24. The lowest BCUT2D eigenvalue weighted by atomic mass is 10.0. The Kier molecular flexibility index (Phi) is 1.72. The molecule has 0 nitrogen and oxygen atoms in total. The van der Waals surface area contributed by atoms with E-state index in [9.17, 15) is 0 Å². The van der Waals surface area contributed by atoms with E-state index in [1.165, 1.54) is 33.4 Å². The van der Waals surface area contributed by atoms with Crippen molar-refractivity contribution in [2.45, 2.75) is 20.3 Å². The lowest BCUT2D eigenvalue weighted by molar-refractivity contribution is 1.25. The molecule has 0 saturated carbocycles. The van der Waals surface area contributed by atoms with Crippen LogP contribution in [0.15, 0.2) is 36.4 Å². The fraction of sp³-hybridized carbons (Fsp3) is 0.200. The van der Waals surface area contributed by atoms with Gasteiger partial charge in [-0.2, -0.15) is 0 Å². The third kappa shape index (κ3) is 1.29. The standard InChI is InChI=1S/C15H14/c1-10-3-5-12-9-13-6-4-11(2)8-15(13)14(12)7-10/h3-8H,9H2,1-2H3. The van der Waals surface area contributed by atoms with Gasteiger partial charge in [-0.1, -0.05) is 47.5 Å². The Morgan fingerprint density at radius 1 is 0.733 bits per heavy atom. The lowest BCUT2D eigenvalue weighted by Crippen LogP contribution is -1.80. The molecule has 0 spiro atoms. The van der Waals surface area contributed by atoms with Crippen molar-refractivity contribution in [2.75, 3.05) is 0 Å². The maximum Gasteiger partial charge on any atom is -0.00134 e. The van der Waals surface area contributed by atoms with Crippen LogP contribution in [0.25, 0.3) is 11.1 Å². The fourth-order valence-corrected chi connectivity index (χ4v) is 2.40. The van der Waals surface area contributed by atoms with Crippen molar-refractivity contribution < 1.29 is 0 Å². The SMILES string of the molecule is Cc1ccc2c(c1)-c1cc(C)ccc1C2. The molecule has 0 fully saturated rings. The van der Waals surface area contributed by atoms with Crippen molar-refractivity contribution in [2.24, 2.45) is 0 Å². The van der Waals surface area contributed by atoms with Crippen molar-refractivity contribution in [3.05, 3.63) is 58.7 Å². The van der Waals surface area contributed by atoms with Crippen LogP contribution in [-0.4, -0.2) is 0 Å². The third-order valence-electron chi connectivity index (χ3n) is 3.20. The maximum atomic E-state index is 2.31. The van der Waals surface area contributed by atoms with Gasteiger partial charge in [0.25, 0.3) is 0 Å². The Hall–Kier alpha value is -1.56. The van der Waals surface area contributed by atoms with Gasteiger partial charge in [0.15, 0.2) is 0 Å². The van der Waals surface area contributed by atoms with Crippen molar-refractivity contribution in [1.82, 2.24) is 0 Å². The molecule has 0 amide bonds. The molecule has 0 aromatic heterocycles. The van der Waals surface area contributed by atoms with Gasteiger partial charge in [-0.3, -0.25) is 0 Å². The molecule has 15 heavy (non-hydrogen) atoms. The number of fused-ring (bicyclic) bond motifs is 3. The van der Waals surface area contributed by atoms with E-state index in [4.69, 9.17) is 0 Å². The van der Waals surface area contributed by atoms with Gasteiger partial charge in [-0.15, -0.1) is 0 Å². The predicted molar refractivity (Wildman–Crippen MR) is 64.2 cm³/mol. The molecule has 0 aliphatic heterocycles. The first-order valence-electron chi connectivity index (χ1n) is 5.43. The van der Waals surface area contributed by atoms with Crippen molar-refractivity contribution >= 4 is 0 Å². The summed E-state index contributed by atoms with van der Waals surface area (Å²) >= 11 is 0. The molecule has 0 unspecified atom stereocenters. The van der Waals surface area contributed by atoms with Gasteiger partial charge in [0, 0.05) is 0 Å². The first kappa shape index (κ1) is 8.72. The van der Waals surface area contributed by atoms with Crippen LogP contribution in [0.3, 0.4) is 0 Å². The maximum absolute atomic E-state index is 2.31. The number of hydrogen-bond donors (Lipinski definition) is 0. The average molecular weight is 194 g/mol. The lowest BCUT2D eigenvalue weighted by Gasteiger charge is -2.03. The Labute approximate surface area is 90.6 Å². The minimum atomic E-state index is 1.10. The van der Waals surface area contributed by atoms with E-state index in [0.717, 1.165) is 6.42 Å². The average Bonchev–Trinajstić information content (AvgIpc) is 2.56. The number of rotatable bonds is 0. The molecule has 0 heteroatoms. The van der Waals surface area contributed by atoms with Crippen molar-refractivity contribution in [3.63, 3.8) is 0 Å². The second-order valence-corrected chi connectivity index (χ2v) is 4.50. The van der Waals surface area contributed by atoms with E-state index in [-0.39, 0.29) is 0 Å². The summed E-state index contributed by atoms with van der Waals surface area (Å²) in [5.41, 5.74) is 8.52. The van der Waals surface area contributed by atoms with Gasteiger partial charge in [-0.25, -0.2) is 0 Å². The number of benzene rings is 2. The molecular weight excluding hydrogens is 180 g/mol. The van der Waals surface area contributed by atoms with E-state index >= 15 is 0 Å². The van der Waals surface area contributed by atoms with Gasteiger partial charge >= 0.3 is 0 Å². The zero-order valence-electron chi connectivity index (χ0n) is 9.17. The molecule has 2 aromatic carbocycles. The minimum absolute atomic E-state index is 1.10. The summed E-state index contributed by atoms with van der Waals surface area (Å²) in [7, 11) is 0. The highest BCUT2D eigenvalue weighted by Gasteiger charge is 2.17. The number of aryl methyl sites for hydroxylation is 2. The summed E-state index contributed by atoms with van der Waals surface area (Å²) in [5.74, 6) is 0. The summed E-state index contributed by atoms with van der Waals surface area (Å²) in [6.07, 6.45) is 1.10. The topological polar surface area (TPSA) is 0 Å². The fourth-order valence-electron chi connectivity index (χ4n) is 2.40. The van der Waals surface area contributed by atoms with E-state index in [0.29, 0.717) is 0 Å². The second kappa shape index (κ2) is 2.96. The Bertz CT molecular complexity index is 486. The predicted octanol–water partition coefficient (Wildman–Crippen LogP) is 3.87. The molecule has 0 radical (unpaired) electrons. The van der Waals surface area contributed by atoms with Crippen LogP contribution in [0, 0.1) is 13.8 Å². The first-order valence-corrected chi connectivity index (χ1v) is 5.43. The zero-order valence-corrected chi connectivity index (χ0v) is 9.17. The van der Waals surface area contributed by atoms with E-state index < -0.39 is 0 Å². The quantitative estimate of drug-likeness (QED) is 0.509. The van der Waals surface area contributed by atoms with Crippen LogP contribution in [0.2, 0.25) is 0 Å². The summed E-state index contributed by atoms with van der Waals surface area (Å²) in [4.78, 5) is 0. The normalized spacial score (nSPS) is 12.4. The molecule has 74 valence electrons. The molecular formula is C15H14. The van der Waals surface area contributed by atoms with E-state index in [1.54, 1.807) is 0 Å². The van der Waals surface area contributed by atoms with Crippen LogP contribution >= 0.6 is 0 Å². The molecule has 0 heterocycles. The van der Waals surface area contributed by atoms with Crippen LogP contribution in [0.1, 0.15) is 22.3 Å². The van der Waals surface area contributed by atoms with E-state index in [1.807, 2.05) is 0 Å². The van der Waals surface area contributed by atoms with Crippen LogP contribution in [0.5, 0.6) is 0 Å². The summed E-state index contributed by atoms with van der Waals surface area (Å²) in [6.45, 7) is 4.32. The molecule has 3 rings (SSSR count). The summed E-state index contributed by atoms with van der Waals surface area (Å²) < 4.78 is 0. The molecule has 1 aliphatic carbocycles. The largest absolute Gasteiger partial charge is 0.0590 e. The van der Waals surface area contributed by atoms with Crippen LogP contribution in [0.4, 0.5) is 0 Å². The summed E-state index contributed by atoms with van der Waals surface area (Å²) in [5, 5.41) is 0. The highest BCUT2D eigenvalue weighted by atomic mass is 14.2. The smallest absolute Gasteiger partial charge is 0.00134 e. The summed E-state index contributed by atoms with van der Waals surface area (Å²) in [6, 6.07) is 13.6. The zero-order chi connectivity index (χ0) is 10.4. The third-order valence-corrected chi connectivity index (χ3v) is 3.20. The molecule has 0 bridgehead atoms. The Balaban J connectivity index is 2.28. The Morgan fingerprint density at radius 2 is 1.20 bits per heavy atom. The number of hydrogen-bond acceptors (Lipinski definition) is 0. The van der Waals surface area contributed by atoms with Crippen molar-refractivity contribution in [3.8, 4) is 11.1 Å². The second-order valence-electron chi connectivity index (χ2n) is 4.50. The Morgan fingerprint density at radius 3 is 1.67 bits per heavy atom. The van der Waals surface area contributed by atoms with Gasteiger partial charge in [0.05, 0.1) is 0 Å². The highest BCUT2D eigenvalue weighted by molar-refractivity contribution is 5.77. The van der Waals surface area contributed by atoms with Gasteiger partial charge < -0.3 is 0 Å². The van der Waals surface area contributed by atoms with Crippen molar-refractivity contribution in [1.29, 1.82) is 0 Å². The molecule has 0 saturated heterocycles. The monoisotopic (exact) mass is 194 g/mol. The molecule has 2 aromatic rings. The minimum Gasteiger partial charge on any atom is -0.0590 e. The van der Waals surface area contributed by atoms with Gasteiger partial charge in [-0.05, 0) is 42.5 Å². The van der Waals surface area contributed by atoms with E-state index in [2.05, 4.69) is 50.2 Å². The molecule has 1 aliphatic rings. The molecule has 0 N–H and O–H groups in total. The van der Waals surface area contributed by atoms with Crippen LogP contribution in [-0.2, 0) is 6.42 Å².